The van der Waals surface area contributed by atoms with Gasteiger partial charge in [-0.3, -0.25) is 0 Å². The van der Waals surface area contributed by atoms with E-state index >= 15 is 0 Å². The SMILES string of the molecule is C1=CC=C(Cc2ccc3c(c2)OCO3)NC=C1. The Bertz CT molecular complexity index is 515. The second kappa shape index (κ2) is 4.37. The third kappa shape index (κ3) is 2.18. The molecule has 0 spiro atoms. The first-order chi connectivity index (χ1) is 8.42. The molecule has 3 nitrogen and oxygen atoms in total. The summed E-state index contributed by atoms with van der Waals surface area (Å²) in [6.07, 6.45) is 10.9. The van der Waals surface area contributed by atoms with Crippen molar-refractivity contribution in [2.75, 3.05) is 6.79 Å². The van der Waals surface area contributed by atoms with Crippen LogP contribution >= 0.6 is 0 Å². The van der Waals surface area contributed by atoms with E-state index in [1.54, 1.807) is 0 Å². The van der Waals surface area contributed by atoms with E-state index in [2.05, 4.69) is 17.5 Å². The van der Waals surface area contributed by atoms with Gasteiger partial charge in [0.1, 0.15) is 0 Å². The zero-order valence-electron chi connectivity index (χ0n) is 9.35. The van der Waals surface area contributed by atoms with Gasteiger partial charge in [0.15, 0.2) is 11.5 Å². The monoisotopic (exact) mass is 227 g/mol. The summed E-state index contributed by atoms with van der Waals surface area (Å²) in [4.78, 5) is 0. The first-order valence-corrected chi connectivity index (χ1v) is 5.59. The van der Waals surface area contributed by atoms with Gasteiger partial charge in [0.2, 0.25) is 6.79 Å². The zero-order chi connectivity index (χ0) is 11.5. The van der Waals surface area contributed by atoms with Crippen molar-refractivity contribution < 1.29 is 9.47 Å². The molecule has 1 aromatic carbocycles. The molecular weight excluding hydrogens is 214 g/mol. The highest BCUT2D eigenvalue weighted by Crippen LogP contribution is 2.32. The van der Waals surface area contributed by atoms with Crippen molar-refractivity contribution in [3.63, 3.8) is 0 Å². The minimum atomic E-state index is 0.325. The van der Waals surface area contributed by atoms with Crippen molar-refractivity contribution in [2.24, 2.45) is 0 Å². The number of allylic oxidation sites excluding steroid dienone is 5. The van der Waals surface area contributed by atoms with E-state index in [4.69, 9.17) is 9.47 Å². The lowest BCUT2D eigenvalue weighted by Gasteiger charge is -2.07. The zero-order valence-corrected chi connectivity index (χ0v) is 9.35. The van der Waals surface area contributed by atoms with Gasteiger partial charge in [-0.2, -0.15) is 0 Å². The Labute approximate surface area is 100 Å². The van der Waals surface area contributed by atoms with Crippen LogP contribution in [-0.4, -0.2) is 6.79 Å². The molecule has 0 saturated heterocycles. The predicted molar refractivity (Wildman–Crippen MR) is 65.8 cm³/mol. The largest absolute Gasteiger partial charge is 0.454 e. The van der Waals surface area contributed by atoms with Gasteiger partial charge in [-0.1, -0.05) is 18.2 Å². The van der Waals surface area contributed by atoms with Gasteiger partial charge < -0.3 is 14.8 Å². The summed E-state index contributed by atoms with van der Waals surface area (Å²) >= 11 is 0. The van der Waals surface area contributed by atoms with Crippen molar-refractivity contribution >= 4 is 0 Å². The lowest BCUT2D eigenvalue weighted by atomic mass is 10.1. The fourth-order valence-corrected chi connectivity index (χ4v) is 1.88. The Morgan fingerprint density at radius 3 is 3.00 bits per heavy atom. The molecule has 1 N–H and O–H groups in total. The maximum absolute atomic E-state index is 5.36. The van der Waals surface area contributed by atoms with Crippen LogP contribution in [0.1, 0.15) is 5.56 Å². The summed E-state index contributed by atoms with van der Waals surface area (Å²) in [5, 5.41) is 3.24. The highest BCUT2D eigenvalue weighted by molar-refractivity contribution is 5.45. The first kappa shape index (κ1) is 10.0. The van der Waals surface area contributed by atoms with Gasteiger partial charge in [0, 0.05) is 18.3 Å². The van der Waals surface area contributed by atoms with E-state index in [9.17, 15) is 0 Å². The van der Waals surface area contributed by atoms with Crippen molar-refractivity contribution in [2.45, 2.75) is 6.42 Å². The van der Waals surface area contributed by atoms with E-state index in [0.29, 0.717) is 6.79 Å². The maximum Gasteiger partial charge on any atom is 0.231 e. The lowest BCUT2D eigenvalue weighted by molar-refractivity contribution is 0.174. The number of benzene rings is 1. The third-order valence-electron chi connectivity index (χ3n) is 2.72. The van der Waals surface area contributed by atoms with Crippen LogP contribution in [0.5, 0.6) is 11.5 Å². The van der Waals surface area contributed by atoms with Gasteiger partial charge in [-0.15, -0.1) is 0 Å². The van der Waals surface area contributed by atoms with Crippen LogP contribution in [0.15, 0.2) is 54.4 Å². The van der Waals surface area contributed by atoms with Crippen LogP contribution < -0.4 is 14.8 Å². The molecular formula is C14H13NO2. The molecule has 17 heavy (non-hydrogen) atoms. The summed E-state index contributed by atoms with van der Waals surface area (Å²) in [6.45, 7) is 0.325. The molecule has 2 aliphatic rings. The molecule has 3 heteroatoms. The number of nitrogens with one attached hydrogen (secondary N) is 1. The number of hydrogen-bond donors (Lipinski definition) is 1. The summed E-state index contributed by atoms with van der Waals surface area (Å²) in [5.74, 6) is 1.67. The van der Waals surface area contributed by atoms with Crippen molar-refractivity contribution in [1.29, 1.82) is 0 Å². The molecule has 0 amide bonds. The average Bonchev–Trinajstić information content (AvgIpc) is 2.65. The van der Waals surface area contributed by atoms with E-state index in [1.165, 1.54) is 5.56 Å². The average molecular weight is 227 g/mol. The molecule has 0 aromatic heterocycles. The van der Waals surface area contributed by atoms with Crippen LogP contribution in [0.2, 0.25) is 0 Å². The van der Waals surface area contributed by atoms with Gasteiger partial charge in [-0.05, 0) is 29.8 Å². The molecule has 2 heterocycles. The summed E-state index contributed by atoms with van der Waals surface area (Å²) in [6, 6.07) is 6.05. The second-order valence-electron chi connectivity index (χ2n) is 3.94. The maximum atomic E-state index is 5.36. The lowest BCUT2D eigenvalue weighted by Crippen LogP contribution is -2.06. The van der Waals surface area contributed by atoms with E-state index in [1.807, 2.05) is 36.6 Å². The van der Waals surface area contributed by atoms with Crippen molar-refractivity contribution in [1.82, 2.24) is 5.32 Å². The molecule has 1 aromatic rings. The fraction of sp³-hybridized carbons (Fsp3) is 0.143. The summed E-state index contributed by atoms with van der Waals surface area (Å²) < 4.78 is 10.7. The molecule has 2 aliphatic heterocycles. The molecule has 3 rings (SSSR count). The number of hydrogen-bond acceptors (Lipinski definition) is 3. The standard InChI is InChI=1S/C14H13NO2/c1-2-4-12(15-7-3-1)8-11-5-6-13-14(9-11)17-10-16-13/h1-7,9,15H,8,10H2. The van der Waals surface area contributed by atoms with E-state index < -0.39 is 0 Å². The molecule has 0 bridgehead atoms. The molecule has 0 saturated carbocycles. The van der Waals surface area contributed by atoms with Gasteiger partial charge in [-0.25, -0.2) is 0 Å². The highest BCUT2D eigenvalue weighted by atomic mass is 16.7. The van der Waals surface area contributed by atoms with Gasteiger partial charge >= 0.3 is 0 Å². The molecule has 0 unspecified atom stereocenters. The Balaban J connectivity index is 1.79. The van der Waals surface area contributed by atoms with Gasteiger partial charge in [0.05, 0.1) is 0 Å². The second-order valence-corrected chi connectivity index (χ2v) is 3.94. The Kier molecular flexibility index (Phi) is 2.58. The third-order valence-corrected chi connectivity index (χ3v) is 2.72. The van der Waals surface area contributed by atoms with Crippen LogP contribution in [0, 0.1) is 0 Å². The summed E-state index contributed by atoms with van der Waals surface area (Å²) in [5.41, 5.74) is 2.37. The number of fused-ring (bicyclic) bond motifs is 1. The minimum absolute atomic E-state index is 0.325. The topological polar surface area (TPSA) is 30.5 Å². The summed E-state index contributed by atoms with van der Waals surface area (Å²) in [7, 11) is 0. The molecule has 86 valence electrons. The van der Waals surface area contributed by atoms with Crippen LogP contribution in [-0.2, 0) is 6.42 Å². The Hall–Kier alpha value is -2.16. The molecule has 0 aliphatic carbocycles. The number of rotatable bonds is 2. The Morgan fingerprint density at radius 2 is 2.00 bits per heavy atom. The minimum Gasteiger partial charge on any atom is -0.454 e. The van der Waals surface area contributed by atoms with E-state index in [-0.39, 0.29) is 0 Å². The molecule has 0 atom stereocenters. The highest BCUT2D eigenvalue weighted by Gasteiger charge is 2.13. The van der Waals surface area contributed by atoms with Crippen LogP contribution in [0.4, 0.5) is 0 Å². The molecule has 0 fully saturated rings. The number of ether oxygens (including phenoxy) is 2. The predicted octanol–water partition coefficient (Wildman–Crippen LogP) is 2.51. The van der Waals surface area contributed by atoms with Crippen LogP contribution in [0.25, 0.3) is 0 Å². The van der Waals surface area contributed by atoms with Crippen molar-refractivity contribution in [3.8, 4) is 11.5 Å². The van der Waals surface area contributed by atoms with Gasteiger partial charge in [0.25, 0.3) is 0 Å². The van der Waals surface area contributed by atoms with Crippen molar-refractivity contribution in [3.05, 3.63) is 60.0 Å². The molecule has 0 radical (unpaired) electrons. The fourth-order valence-electron chi connectivity index (χ4n) is 1.88. The quantitative estimate of drug-likeness (QED) is 0.842. The van der Waals surface area contributed by atoms with E-state index in [0.717, 1.165) is 23.6 Å². The van der Waals surface area contributed by atoms with Crippen LogP contribution in [0.3, 0.4) is 0 Å². The first-order valence-electron chi connectivity index (χ1n) is 5.59. The smallest absolute Gasteiger partial charge is 0.231 e. The Morgan fingerprint density at radius 1 is 1.06 bits per heavy atom. The normalized spacial score (nSPS) is 16.4.